The Balaban J connectivity index is 1.65. The van der Waals surface area contributed by atoms with E-state index in [1.807, 2.05) is 6.92 Å². The molecule has 3 rings (SSSR count). The maximum atomic E-state index is 12.5. The fraction of sp³-hybridized carbons (Fsp3) is 0.200. The molecule has 30 heavy (non-hydrogen) atoms. The molecular formula is C20H19Cl2N5O3. The highest BCUT2D eigenvalue weighted by atomic mass is 35.5. The van der Waals surface area contributed by atoms with Gasteiger partial charge in [0.15, 0.2) is 5.69 Å². The van der Waals surface area contributed by atoms with Crippen LogP contribution < -0.4 is 15.4 Å². The van der Waals surface area contributed by atoms with Gasteiger partial charge in [-0.15, -0.1) is 5.10 Å². The van der Waals surface area contributed by atoms with E-state index in [2.05, 4.69) is 20.9 Å². The number of anilines is 2. The lowest BCUT2D eigenvalue weighted by Gasteiger charge is -2.08. The van der Waals surface area contributed by atoms with E-state index in [1.165, 1.54) is 10.7 Å². The summed E-state index contributed by atoms with van der Waals surface area (Å²) in [6.45, 7) is 4.01. The van der Waals surface area contributed by atoms with Crippen molar-refractivity contribution in [2.24, 2.45) is 0 Å². The fourth-order valence-corrected chi connectivity index (χ4v) is 2.97. The third-order valence-corrected chi connectivity index (χ3v) is 4.68. The SMILES string of the molecule is CCOc1ccc(NC(=O)Cn2nnc(C(=O)Nc3cc(Cl)ccc3Cl)c2C)cc1. The molecule has 10 heteroatoms. The van der Waals surface area contributed by atoms with E-state index in [1.54, 1.807) is 43.3 Å². The Kier molecular flexibility index (Phi) is 6.91. The van der Waals surface area contributed by atoms with Crippen molar-refractivity contribution in [3.63, 3.8) is 0 Å². The number of halogens is 2. The molecule has 0 fully saturated rings. The highest BCUT2D eigenvalue weighted by Gasteiger charge is 2.19. The summed E-state index contributed by atoms with van der Waals surface area (Å²) < 4.78 is 6.72. The van der Waals surface area contributed by atoms with Crippen LogP contribution in [0.1, 0.15) is 23.1 Å². The maximum Gasteiger partial charge on any atom is 0.278 e. The second kappa shape index (κ2) is 9.60. The molecule has 0 aliphatic rings. The van der Waals surface area contributed by atoms with Gasteiger partial charge in [-0.25, -0.2) is 4.68 Å². The number of amides is 2. The van der Waals surface area contributed by atoms with Crippen molar-refractivity contribution in [1.29, 1.82) is 0 Å². The first-order valence-electron chi connectivity index (χ1n) is 9.06. The highest BCUT2D eigenvalue weighted by Crippen LogP contribution is 2.26. The first-order chi connectivity index (χ1) is 14.4. The molecule has 0 atom stereocenters. The number of carbonyl (C=O) groups excluding carboxylic acids is 2. The molecule has 8 nitrogen and oxygen atoms in total. The molecule has 0 aliphatic carbocycles. The van der Waals surface area contributed by atoms with Crippen molar-refractivity contribution in [2.45, 2.75) is 20.4 Å². The second-order valence-electron chi connectivity index (χ2n) is 6.26. The van der Waals surface area contributed by atoms with Crippen LogP contribution in [0.4, 0.5) is 11.4 Å². The van der Waals surface area contributed by atoms with Gasteiger partial charge in [-0.05, 0) is 56.3 Å². The Labute approximate surface area is 183 Å². The van der Waals surface area contributed by atoms with E-state index in [9.17, 15) is 9.59 Å². The van der Waals surface area contributed by atoms with Gasteiger partial charge in [-0.2, -0.15) is 0 Å². The molecule has 2 aromatic carbocycles. The van der Waals surface area contributed by atoms with Crippen molar-refractivity contribution in [3.05, 3.63) is 63.9 Å². The van der Waals surface area contributed by atoms with E-state index >= 15 is 0 Å². The Hall–Kier alpha value is -3.10. The minimum Gasteiger partial charge on any atom is -0.494 e. The van der Waals surface area contributed by atoms with E-state index in [0.717, 1.165) is 5.75 Å². The van der Waals surface area contributed by atoms with Gasteiger partial charge in [0, 0.05) is 10.7 Å². The predicted molar refractivity (Wildman–Crippen MR) is 115 cm³/mol. The van der Waals surface area contributed by atoms with Crippen LogP contribution in [0.3, 0.4) is 0 Å². The summed E-state index contributed by atoms with van der Waals surface area (Å²) in [6.07, 6.45) is 0. The summed E-state index contributed by atoms with van der Waals surface area (Å²) in [6, 6.07) is 11.7. The summed E-state index contributed by atoms with van der Waals surface area (Å²) in [5, 5.41) is 14.0. The summed E-state index contributed by atoms with van der Waals surface area (Å²) in [5.74, 6) is -0.0927. The number of rotatable bonds is 7. The van der Waals surface area contributed by atoms with Crippen LogP contribution in [0.2, 0.25) is 10.0 Å². The second-order valence-corrected chi connectivity index (χ2v) is 7.11. The van der Waals surface area contributed by atoms with Crippen molar-refractivity contribution in [3.8, 4) is 5.75 Å². The highest BCUT2D eigenvalue weighted by molar-refractivity contribution is 6.35. The van der Waals surface area contributed by atoms with Crippen LogP contribution in [-0.2, 0) is 11.3 Å². The Morgan fingerprint density at radius 2 is 1.83 bits per heavy atom. The topological polar surface area (TPSA) is 98.1 Å². The number of hydrogen-bond acceptors (Lipinski definition) is 5. The molecule has 1 heterocycles. The quantitative estimate of drug-likeness (QED) is 0.565. The van der Waals surface area contributed by atoms with E-state index < -0.39 is 5.91 Å². The van der Waals surface area contributed by atoms with E-state index in [-0.39, 0.29) is 18.1 Å². The Bertz CT molecular complexity index is 1070. The fourth-order valence-electron chi connectivity index (χ4n) is 2.63. The molecule has 0 radical (unpaired) electrons. The molecule has 0 saturated heterocycles. The van der Waals surface area contributed by atoms with Gasteiger partial charge in [-0.3, -0.25) is 9.59 Å². The normalized spacial score (nSPS) is 10.5. The molecule has 2 N–H and O–H groups in total. The summed E-state index contributed by atoms with van der Waals surface area (Å²) in [7, 11) is 0. The van der Waals surface area contributed by atoms with E-state index in [4.69, 9.17) is 27.9 Å². The van der Waals surface area contributed by atoms with Crippen molar-refractivity contribution >= 4 is 46.4 Å². The molecule has 1 aromatic heterocycles. The van der Waals surface area contributed by atoms with Crippen LogP contribution in [0.25, 0.3) is 0 Å². The molecule has 0 unspecified atom stereocenters. The lowest BCUT2D eigenvalue weighted by molar-refractivity contribution is -0.117. The monoisotopic (exact) mass is 447 g/mol. The van der Waals surface area contributed by atoms with E-state index in [0.29, 0.717) is 33.7 Å². The molecule has 2 amide bonds. The third kappa shape index (κ3) is 5.28. The Morgan fingerprint density at radius 1 is 1.10 bits per heavy atom. The zero-order valence-corrected chi connectivity index (χ0v) is 17.8. The van der Waals surface area contributed by atoms with Crippen molar-refractivity contribution in [2.75, 3.05) is 17.2 Å². The summed E-state index contributed by atoms with van der Waals surface area (Å²) >= 11 is 12.0. The standard InChI is InChI=1S/C20H19Cl2N5O3/c1-3-30-15-7-5-14(6-8-15)23-18(28)11-27-12(2)19(25-26-27)20(29)24-17-10-13(21)4-9-16(17)22/h4-10H,3,11H2,1-2H3,(H,23,28)(H,24,29). The van der Waals surface area contributed by atoms with Crippen molar-refractivity contribution < 1.29 is 14.3 Å². The molecular weight excluding hydrogens is 429 g/mol. The molecule has 156 valence electrons. The lowest BCUT2D eigenvalue weighted by atomic mass is 10.2. The first kappa shape index (κ1) is 21.6. The number of ether oxygens (including phenoxy) is 1. The average Bonchev–Trinajstić information content (AvgIpc) is 3.07. The number of carbonyl (C=O) groups is 2. The maximum absolute atomic E-state index is 12.5. The predicted octanol–water partition coefficient (Wildman–Crippen LogP) is 4.18. The van der Waals surface area contributed by atoms with Gasteiger partial charge in [0.2, 0.25) is 5.91 Å². The molecule has 3 aromatic rings. The molecule has 0 aliphatic heterocycles. The number of nitrogens with one attached hydrogen (secondary N) is 2. The number of hydrogen-bond donors (Lipinski definition) is 2. The molecule has 0 spiro atoms. The summed E-state index contributed by atoms with van der Waals surface area (Å²) in [5.41, 5.74) is 1.50. The van der Waals surface area contributed by atoms with Crippen LogP contribution in [-0.4, -0.2) is 33.4 Å². The van der Waals surface area contributed by atoms with Crippen molar-refractivity contribution in [1.82, 2.24) is 15.0 Å². The van der Waals surface area contributed by atoms with Crippen LogP contribution in [0.5, 0.6) is 5.75 Å². The number of benzene rings is 2. The number of nitrogens with zero attached hydrogens (tertiary/aromatic N) is 3. The van der Waals surface area contributed by atoms with Crippen LogP contribution in [0, 0.1) is 6.92 Å². The number of aromatic nitrogens is 3. The van der Waals surface area contributed by atoms with Crippen LogP contribution in [0.15, 0.2) is 42.5 Å². The first-order valence-corrected chi connectivity index (χ1v) is 9.82. The lowest BCUT2D eigenvalue weighted by Crippen LogP contribution is -2.21. The van der Waals surface area contributed by atoms with Gasteiger partial charge in [0.25, 0.3) is 5.91 Å². The van der Waals surface area contributed by atoms with Gasteiger partial charge < -0.3 is 15.4 Å². The van der Waals surface area contributed by atoms with Gasteiger partial charge >= 0.3 is 0 Å². The summed E-state index contributed by atoms with van der Waals surface area (Å²) in [4.78, 5) is 24.9. The van der Waals surface area contributed by atoms with Gasteiger partial charge in [0.05, 0.1) is 23.0 Å². The zero-order chi connectivity index (χ0) is 21.7. The molecule has 0 saturated carbocycles. The minimum atomic E-state index is -0.505. The Morgan fingerprint density at radius 3 is 2.53 bits per heavy atom. The van der Waals surface area contributed by atoms with Crippen LogP contribution >= 0.6 is 23.2 Å². The molecule has 0 bridgehead atoms. The van der Waals surface area contributed by atoms with Gasteiger partial charge in [0.1, 0.15) is 12.3 Å². The third-order valence-electron chi connectivity index (χ3n) is 4.12. The van der Waals surface area contributed by atoms with Gasteiger partial charge in [-0.1, -0.05) is 28.4 Å². The minimum absolute atomic E-state index is 0.0832. The smallest absolute Gasteiger partial charge is 0.278 e. The average molecular weight is 448 g/mol. The largest absolute Gasteiger partial charge is 0.494 e. The zero-order valence-electron chi connectivity index (χ0n) is 16.3.